The van der Waals surface area contributed by atoms with E-state index in [1.165, 1.54) is 29.8 Å². The van der Waals surface area contributed by atoms with Crippen LogP contribution in [0.25, 0.3) is 11.3 Å². The zero-order chi connectivity index (χ0) is 19.6. The van der Waals surface area contributed by atoms with Gasteiger partial charge in [-0.3, -0.25) is 9.59 Å². The van der Waals surface area contributed by atoms with Crippen molar-refractivity contribution in [3.05, 3.63) is 75.3 Å². The van der Waals surface area contributed by atoms with Crippen LogP contribution in [0.1, 0.15) is 24.2 Å². The van der Waals surface area contributed by atoms with Gasteiger partial charge in [-0.25, -0.2) is 9.07 Å². The fraction of sp³-hybridized carbons (Fsp3) is 0.150. The lowest BCUT2D eigenvalue weighted by Gasteiger charge is -2.16. The fourth-order valence-corrected chi connectivity index (χ4v) is 2.96. The van der Waals surface area contributed by atoms with Crippen LogP contribution in [0.5, 0.6) is 0 Å². The van der Waals surface area contributed by atoms with E-state index in [0.29, 0.717) is 16.3 Å². The molecule has 0 saturated carbocycles. The molecule has 0 unspecified atom stereocenters. The van der Waals surface area contributed by atoms with Gasteiger partial charge in [-0.15, -0.1) is 0 Å². The molecule has 0 radical (unpaired) electrons. The second kappa shape index (κ2) is 7.72. The van der Waals surface area contributed by atoms with Gasteiger partial charge < -0.3 is 5.32 Å². The van der Waals surface area contributed by atoms with Gasteiger partial charge in [0, 0.05) is 12.1 Å². The molecular formula is C20H17ClFN3O2. The lowest BCUT2D eigenvalue weighted by Crippen LogP contribution is -2.28. The Labute approximate surface area is 160 Å². The summed E-state index contributed by atoms with van der Waals surface area (Å²) in [6.07, 6.45) is 0. The average Bonchev–Trinajstić information content (AvgIpc) is 2.64. The maximum Gasteiger partial charge on any atom is 0.291 e. The first-order chi connectivity index (χ1) is 12.9. The number of benzene rings is 2. The quantitative estimate of drug-likeness (QED) is 0.648. The Bertz CT molecular complexity index is 1080. The SMILES string of the molecule is CCn1nc(-c2cccc(F)c2)c(C(C)=O)c(Nc2ccccc2Cl)c1=O. The number of nitrogens with one attached hydrogen (secondary N) is 1. The topological polar surface area (TPSA) is 64.0 Å². The smallest absolute Gasteiger partial charge is 0.291 e. The summed E-state index contributed by atoms with van der Waals surface area (Å²) in [6, 6.07) is 12.6. The van der Waals surface area contributed by atoms with Gasteiger partial charge in [0.1, 0.15) is 17.2 Å². The molecule has 1 N–H and O–H groups in total. The predicted octanol–water partition coefficient (Wildman–Crippen LogP) is 4.67. The van der Waals surface area contributed by atoms with Crippen molar-refractivity contribution in [2.24, 2.45) is 0 Å². The standard InChI is InChI=1S/C20H17ClFN3O2/c1-3-25-20(27)19(23-16-10-5-4-9-15(16)21)17(12(2)26)18(24-25)13-7-6-8-14(22)11-13/h4-11,23H,3H2,1-2H3. The third kappa shape index (κ3) is 3.75. The number of ketones is 1. The third-order valence-corrected chi connectivity index (χ3v) is 4.37. The van der Waals surface area contributed by atoms with E-state index in [2.05, 4.69) is 10.4 Å². The number of para-hydroxylation sites is 1. The first kappa shape index (κ1) is 18.8. The van der Waals surface area contributed by atoms with Gasteiger partial charge in [0.2, 0.25) is 0 Å². The van der Waals surface area contributed by atoms with Gasteiger partial charge in [0.05, 0.1) is 16.3 Å². The first-order valence-electron chi connectivity index (χ1n) is 8.36. The summed E-state index contributed by atoms with van der Waals surface area (Å²) in [5, 5.41) is 7.66. The highest BCUT2D eigenvalue weighted by Crippen LogP contribution is 2.30. The first-order valence-corrected chi connectivity index (χ1v) is 8.73. The van der Waals surface area contributed by atoms with E-state index in [1.54, 1.807) is 37.3 Å². The van der Waals surface area contributed by atoms with Crippen molar-refractivity contribution in [2.45, 2.75) is 20.4 Å². The number of halogens is 2. The lowest BCUT2D eigenvalue weighted by atomic mass is 10.0. The van der Waals surface area contributed by atoms with Crippen LogP contribution in [0.3, 0.4) is 0 Å². The summed E-state index contributed by atoms with van der Waals surface area (Å²) in [6.45, 7) is 3.39. The highest BCUT2D eigenvalue weighted by Gasteiger charge is 2.22. The number of carbonyl (C=O) groups excluding carboxylic acids is 1. The molecule has 0 fully saturated rings. The molecule has 0 bridgehead atoms. The molecule has 0 spiro atoms. The van der Waals surface area contributed by atoms with Crippen molar-refractivity contribution in [1.82, 2.24) is 9.78 Å². The summed E-state index contributed by atoms with van der Waals surface area (Å²) in [5.74, 6) is -0.824. The molecule has 138 valence electrons. The van der Waals surface area contributed by atoms with Gasteiger partial charge in [-0.05, 0) is 38.1 Å². The number of carbonyl (C=O) groups is 1. The highest BCUT2D eigenvalue weighted by molar-refractivity contribution is 6.33. The zero-order valence-corrected chi connectivity index (χ0v) is 15.5. The summed E-state index contributed by atoms with van der Waals surface area (Å²) in [7, 11) is 0. The number of anilines is 2. The molecule has 3 aromatic rings. The maximum absolute atomic E-state index is 13.7. The van der Waals surface area contributed by atoms with Crippen molar-refractivity contribution in [1.29, 1.82) is 0 Å². The molecule has 1 heterocycles. The molecule has 0 amide bonds. The number of aromatic nitrogens is 2. The van der Waals surface area contributed by atoms with Gasteiger partial charge in [0.15, 0.2) is 5.78 Å². The molecule has 0 saturated heterocycles. The fourth-order valence-electron chi connectivity index (χ4n) is 2.78. The Morgan fingerprint density at radius 3 is 2.59 bits per heavy atom. The molecule has 2 aromatic carbocycles. The Hall–Kier alpha value is -2.99. The van der Waals surface area contributed by atoms with Crippen LogP contribution < -0.4 is 10.9 Å². The molecule has 0 aliphatic rings. The lowest BCUT2D eigenvalue weighted by molar-refractivity contribution is 0.101. The minimum absolute atomic E-state index is 0.0618. The average molecular weight is 386 g/mol. The normalized spacial score (nSPS) is 10.7. The van der Waals surface area contributed by atoms with Crippen molar-refractivity contribution in [2.75, 3.05) is 5.32 Å². The number of rotatable bonds is 5. The Morgan fingerprint density at radius 1 is 1.22 bits per heavy atom. The van der Waals surface area contributed by atoms with Crippen LogP contribution in [0.4, 0.5) is 15.8 Å². The molecule has 0 aliphatic carbocycles. The van der Waals surface area contributed by atoms with Gasteiger partial charge in [-0.1, -0.05) is 35.9 Å². The van der Waals surface area contributed by atoms with Crippen molar-refractivity contribution >= 4 is 28.8 Å². The second-order valence-corrected chi connectivity index (χ2v) is 6.30. The van der Waals surface area contributed by atoms with Gasteiger partial charge in [0.25, 0.3) is 5.56 Å². The number of nitrogens with zero attached hydrogens (tertiary/aromatic N) is 2. The van der Waals surface area contributed by atoms with E-state index in [1.807, 2.05) is 0 Å². The van der Waals surface area contributed by atoms with Crippen LogP contribution in [0, 0.1) is 5.82 Å². The van der Waals surface area contributed by atoms with Crippen LogP contribution in [0.15, 0.2) is 53.3 Å². The molecular weight excluding hydrogens is 369 g/mol. The molecule has 3 rings (SSSR count). The summed E-state index contributed by atoms with van der Waals surface area (Å²) >= 11 is 6.19. The maximum atomic E-state index is 13.7. The van der Waals surface area contributed by atoms with E-state index >= 15 is 0 Å². The van der Waals surface area contributed by atoms with E-state index in [0.717, 1.165) is 0 Å². The molecule has 0 atom stereocenters. The summed E-state index contributed by atoms with van der Waals surface area (Å²) in [4.78, 5) is 25.3. The number of aryl methyl sites for hydroxylation is 1. The second-order valence-electron chi connectivity index (χ2n) is 5.89. The van der Waals surface area contributed by atoms with Crippen molar-refractivity contribution in [3.63, 3.8) is 0 Å². The van der Waals surface area contributed by atoms with Crippen LogP contribution in [-0.4, -0.2) is 15.6 Å². The Balaban J connectivity index is 2.31. The van der Waals surface area contributed by atoms with Crippen molar-refractivity contribution in [3.8, 4) is 11.3 Å². The Kier molecular flexibility index (Phi) is 5.37. The third-order valence-electron chi connectivity index (χ3n) is 4.04. The minimum Gasteiger partial charge on any atom is -0.349 e. The zero-order valence-electron chi connectivity index (χ0n) is 14.8. The number of hydrogen-bond donors (Lipinski definition) is 1. The van der Waals surface area contributed by atoms with Crippen LogP contribution in [-0.2, 0) is 6.54 Å². The molecule has 0 aliphatic heterocycles. The van der Waals surface area contributed by atoms with Crippen LogP contribution >= 0.6 is 11.6 Å². The largest absolute Gasteiger partial charge is 0.349 e. The predicted molar refractivity (Wildman–Crippen MR) is 104 cm³/mol. The highest BCUT2D eigenvalue weighted by atomic mass is 35.5. The van der Waals surface area contributed by atoms with E-state index in [9.17, 15) is 14.0 Å². The molecule has 5 nitrogen and oxygen atoms in total. The van der Waals surface area contributed by atoms with Crippen molar-refractivity contribution < 1.29 is 9.18 Å². The molecule has 7 heteroatoms. The minimum atomic E-state index is -0.460. The van der Waals surface area contributed by atoms with E-state index in [-0.39, 0.29) is 29.3 Å². The summed E-state index contributed by atoms with van der Waals surface area (Å²) in [5.41, 5.74) is 0.824. The summed E-state index contributed by atoms with van der Waals surface area (Å²) < 4.78 is 15.0. The van der Waals surface area contributed by atoms with E-state index < -0.39 is 11.4 Å². The van der Waals surface area contributed by atoms with Gasteiger partial charge >= 0.3 is 0 Å². The number of hydrogen-bond acceptors (Lipinski definition) is 4. The number of Topliss-reactive ketones (excluding diaryl/α,β-unsaturated/α-hetero) is 1. The molecule has 1 aromatic heterocycles. The van der Waals surface area contributed by atoms with E-state index in [4.69, 9.17) is 11.6 Å². The monoisotopic (exact) mass is 385 g/mol. The van der Waals surface area contributed by atoms with Gasteiger partial charge in [-0.2, -0.15) is 5.10 Å². The molecule has 27 heavy (non-hydrogen) atoms. The van der Waals surface area contributed by atoms with Crippen LogP contribution in [0.2, 0.25) is 5.02 Å². The Morgan fingerprint density at radius 2 is 1.96 bits per heavy atom.